The fraction of sp³-hybridized carbons (Fsp3) is 0.148. The number of hydrogen-bond acceptors (Lipinski definition) is 4. The Bertz CT molecular complexity index is 1310. The number of rotatable bonds is 5. The molecule has 4 rings (SSSR count). The summed E-state index contributed by atoms with van der Waals surface area (Å²) in [5.74, 6) is -0.991. The Balaban J connectivity index is 1.82. The summed E-state index contributed by atoms with van der Waals surface area (Å²) in [5, 5.41) is 5.95. The van der Waals surface area contributed by atoms with Crippen LogP contribution in [0.4, 0.5) is 17.1 Å². The molecule has 33 heavy (non-hydrogen) atoms. The summed E-state index contributed by atoms with van der Waals surface area (Å²) in [6, 6.07) is 20.1. The zero-order valence-electron chi connectivity index (χ0n) is 19.0. The van der Waals surface area contributed by atoms with Gasteiger partial charge in [0.25, 0.3) is 11.8 Å². The van der Waals surface area contributed by atoms with Crippen LogP contribution >= 0.6 is 0 Å². The first-order chi connectivity index (χ1) is 15.7. The molecule has 0 spiro atoms. The minimum atomic E-state index is -0.410. The van der Waals surface area contributed by atoms with Gasteiger partial charge >= 0.3 is 0 Å². The Hall–Kier alpha value is -4.19. The summed E-state index contributed by atoms with van der Waals surface area (Å²) < 4.78 is 0. The molecular weight excluding hydrogens is 414 g/mol. The molecule has 0 aliphatic carbocycles. The minimum absolute atomic E-state index is 0.183. The first-order valence-corrected chi connectivity index (χ1v) is 10.7. The van der Waals surface area contributed by atoms with E-state index in [1.54, 1.807) is 30.3 Å². The lowest BCUT2D eigenvalue weighted by Crippen LogP contribution is -2.32. The van der Waals surface area contributed by atoms with Crippen molar-refractivity contribution in [1.29, 1.82) is 0 Å². The number of amides is 3. The van der Waals surface area contributed by atoms with Crippen molar-refractivity contribution in [3.8, 4) is 0 Å². The standard InChI is InChI=1S/C27H25N3O3/c1-16-6-5-7-22(14-16)30-26(32)24(20-10-12-21(13-11-20)28-19(4)31)25(27(30)33)29-23-15-17(2)8-9-18(23)3/h5-15,29H,1-4H3,(H,28,31). The van der Waals surface area contributed by atoms with Crippen LogP contribution in [-0.2, 0) is 14.4 Å². The SMILES string of the molecule is CC(=O)Nc1ccc(C2=C(Nc3cc(C)ccc3C)C(=O)N(c3cccc(C)c3)C2=O)cc1. The molecular formula is C27H25N3O3. The van der Waals surface area contributed by atoms with Crippen LogP contribution in [0.1, 0.15) is 29.2 Å². The van der Waals surface area contributed by atoms with Crippen molar-refractivity contribution in [3.63, 3.8) is 0 Å². The molecule has 3 aromatic carbocycles. The van der Waals surface area contributed by atoms with Gasteiger partial charge in [-0.05, 0) is 73.4 Å². The lowest BCUT2D eigenvalue weighted by molar-refractivity contribution is -0.120. The van der Waals surface area contributed by atoms with Gasteiger partial charge in [-0.25, -0.2) is 4.90 Å². The van der Waals surface area contributed by atoms with Crippen molar-refractivity contribution in [2.45, 2.75) is 27.7 Å². The van der Waals surface area contributed by atoms with Crippen LogP contribution in [0.5, 0.6) is 0 Å². The van der Waals surface area contributed by atoms with E-state index in [2.05, 4.69) is 10.6 Å². The molecule has 1 aliphatic heterocycles. The molecule has 0 aromatic heterocycles. The molecule has 166 valence electrons. The molecule has 0 saturated heterocycles. The van der Waals surface area contributed by atoms with Gasteiger partial charge in [0.2, 0.25) is 5.91 Å². The van der Waals surface area contributed by atoms with E-state index in [1.807, 2.05) is 57.2 Å². The maximum atomic E-state index is 13.6. The first-order valence-electron chi connectivity index (χ1n) is 10.7. The highest BCUT2D eigenvalue weighted by molar-refractivity contribution is 6.46. The summed E-state index contributed by atoms with van der Waals surface area (Å²) in [5.41, 5.74) is 5.96. The van der Waals surface area contributed by atoms with Crippen LogP contribution in [0.25, 0.3) is 5.57 Å². The van der Waals surface area contributed by atoms with Gasteiger partial charge in [-0.2, -0.15) is 0 Å². The summed E-state index contributed by atoms with van der Waals surface area (Å²) in [7, 11) is 0. The number of benzene rings is 3. The normalized spacial score (nSPS) is 13.5. The van der Waals surface area contributed by atoms with E-state index in [0.29, 0.717) is 16.9 Å². The number of carbonyl (C=O) groups is 3. The van der Waals surface area contributed by atoms with Gasteiger partial charge in [0, 0.05) is 18.3 Å². The van der Waals surface area contributed by atoms with Gasteiger partial charge in [0.1, 0.15) is 5.70 Å². The van der Waals surface area contributed by atoms with Crippen LogP contribution in [-0.4, -0.2) is 17.7 Å². The number of nitrogens with one attached hydrogen (secondary N) is 2. The number of aryl methyl sites for hydroxylation is 3. The number of hydrogen-bond donors (Lipinski definition) is 2. The zero-order chi connectivity index (χ0) is 23.7. The second-order valence-electron chi connectivity index (χ2n) is 8.24. The molecule has 0 fully saturated rings. The largest absolute Gasteiger partial charge is 0.350 e. The number of nitrogens with zero attached hydrogens (tertiary/aromatic N) is 1. The monoisotopic (exact) mass is 439 g/mol. The molecule has 1 heterocycles. The van der Waals surface area contributed by atoms with Crippen LogP contribution < -0.4 is 15.5 Å². The Morgan fingerprint density at radius 1 is 0.818 bits per heavy atom. The Morgan fingerprint density at radius 3 is 2.18 bits per heavy atom. The van der Waals surface area contributed by atoms with E-state index in [4.69, 9.17) is 0 Å². The van der Waals surface area contributed by atoms with Gasteiger partial charge < -0.3 is 10.6 Å². The molecule has 1 aliphatic rings. The van der Waals surface area contributed by atoms with E-state index in [-0.39, 0.29) is 17.2 Å². The lowest BCUT2D eigenvalue weighted by atomic mass is 10.0. The molecule has 0 atom stereocenters. The lowest BCUT2D eigenvalue weighted by Gasteiger charge is -2.16. The average Bonchev–Trinajstić information content (AvgIpc) is 3.00. The van der Waals surface area contributed by atoms with E-state index >= 15 is 0 Å². The van der Waals surface area contributed by atoms with Crippen molar-refractivity contribution in [1.82, 2.24) is 0 Å². The molecule has 2 N–H and O–H groups in total. The third kappa shape index (κ3) is 4.41. The highest BCUT2D eigenvalue weighted by Gasteiger charge is 2.40. The first kappa shape index (κ1) is 22.0. The Labute approximate surface area is 192 Å². The van der Waals surface area contributed by atoms with E-state index in [9.17, 15) is 14.4 Å². The molecule has 0 bridgehead atoms. The van der Waals surface area contributed by atoms with Crippen molar-refractivity contribution in [3.05, 3.63) is 94.7 Å². The second-order valence-corrected chi connectivity index (χ2v) is 8.24. The fourth-order valence-corrected chi connectivity index (χ4v) is 3.84. The van der Waals surface area contributed by atoms with E-state index in [0.717, 1.165) is 22.4 Å². The molecule has 3 aromatic rings. The zero-order valence-corrected chi connectivity index (χ0v) is 19.0. The molecule has 0 unspecified atom stereocenters. The second kappa shape index (κ2) is 8.74. The highest BCUT2D eigenvalue weighted by Crippen LogP contribution is 2.35. The van der Waals surface area contributed by atoms with Crippen LogP contribution in [0.3, 0.4) is 0 Å². The quantitative estimate of drug-likeness (QED) is 0.551. The van der Waals surface area contributed by atoms with Gasteiger partial charge in [-0.1, -0.05) is 36.4 Å². The van der Waals surface area contributed by atoms with Gasteiger partial charge in [0.15, 0.2) is 0 Å². The Morgan fingerprint density at radius 2 is 1.52 bits per heavy atom. The third-order valence-corrected chi connectivity index (χ3v) is 5.49. The summed E-state index contributed by atoms with van der Waals surface area (Å²) >= 11 is 0. The van der Waals surface area contributed by atoms with Crippen LogP contribution in [0.15, 0.2) is 72.4 Å². The number of anilines is 3. The highest BCUT2D eigenvalue weighted by atomic mass is 16.2. The van der Waals surface area contributed by atoms with Crippen molar-refractivity contribution in [2.75, 3.05) is 15.5 Å². The topological polar surface area (TPSA) is 78.5 Å². The fourth-order valence-electron chi connectivity index (χ4n) is 3.84. The minimum Gasteiger partial charge on any atom is -0.350 e. The molecule has 6 nitrogen and oxygen atoms in total. The van der Waals surface area contributed by atoms with Crippen molar-refractivity contribution in [2.24, 2.45) is 0 Å². The maximum Gasteiger partial charge on any atom is 0.282 e. The van der Waals surface area contributed by atoms with Gasteiger partial charge in [-0.15, -0.1) is 0 Å². The summed E-state index contributed by atoms with van der Waals surface area (Å²) in [6.45, 7) is 7.27. The maximum absolute atomic E-state index is 13.6. The van der Waals surface area contributed by atoms with Crippen molar-refractivity contribution < 1.29 is 14.4 Å². The van der Waals surface area contributed by atoms with Crippen molar-refractivity contribution >= 4 is 40.4 Å². The molecule has 0 radical (unpaired) electrons. The van der Waals surface area contributed by atoms with E-state index in [1.165, 1.54) is 11.8 Å². The molecule has 6 heteroatoms. The van der Waals surface area contributed by atoms with Gasteiger partial charge in [0.05, 0.1) is 11.3 Å². The summed E-state index contributed by atoms with van der Waals surface area (Å²) in [6.07, 6.45) is 0. The number of carbonyl (C=O) groups excluding carboxylic acids is 3. The molecule has 0 saturated carbocycles. The number of imide groups is 1. The smallest absolute Gasteiger partial charge is 0.282 e. The Kier molecular flexibility index (Phi) is 5.84. The predicted octanol–water partition coefficient (Wildman–Crippen LogP) is 4.97. The molecule has 3 amide bonds. The van der Waals surface area contributed by atoms with Crippen LogP contribution in [0.2, 0.25) is 0 Å². The van der Waals surface area contributed by atoms with Crippen LogP contribution in [0, 0.1) is 20.8 Å². The average molecular weight is 440 g/mol. The third-order valence-electron chi connectivity index (χ3n) is 5.49. The summed E-state index contributed by atoms with van der Waals surface area (Å²) in [4.78, 5) is 39.7. The van der Waals surface area contributed by atoms with Gasteiger partial charge in [-0.3, -0.25) is 14.4 Å². The van der Waals surface area contributed by atoms with E-state index < -0.39 is 11.8 Å². The predicted molar refractivity (Wildman–Crippen MR) is 131 cm³/mol.